The van der Waals surface area contributed by atoms with Gasteiger partial charge in [-0.3, -0.25) is 20.4 Å². The maximum absolute atomic E-state index is 12.4. The number of benzene rings is 2. The molecule has 0 fully saturated rings. The fourth-order valence-electron chi connectivity index (χ4n) is 2.50. The van der Waals surface area contributed by atoms with Crippen molar-refractivity contribution in [2.45, 2.75) is 20.0 Å². The third-order valence-electron chi connectivity index (χ3n) is 3.77. The second-order valence-corrected chi connectivity index (χ2v) is 6.54. The molecule has 0 aromatic heterocycles. The lowest BCUT2D eigenvalue weighted by molar-refractivity contribution is 0.0846. The number of rotatable bonds is 5. The van der Waals surface area contributed by atoms with Gasteiger partial charge in [0.15, 0.2) is 23.0 Å². The number of nitrogens with one attached hydrogen (secondary N) is 2. The number of carbonyl (C=O) groups excluding carboxylic acids is 2. The van der Waals surface area contributed by atoms with Crippen LogP contribution in [-0.4, -0.2) is 31.8 Å². The molecule has 1 aliphatic rings. The van der Waals surface area contributed by atoms with Crippen LogP contribution in [0.25, 0.3) is 0 Å². The first-order chi connectivity index (χ1) is 13.4. The van der Waals surface area contributed by atoms with E-state index in [9.17, 15) is 9.59 Å². The minimum absolute atomic E-state index is 0.107. The molecule has 1 heterocycles. The lowest BCUT2D eigenvalue weighted by Gasteiger charge is -2.16. The third kappa shape index (κ3) is 4.23. The Hall–Kier alpha value is -3.13. The molecule has 0 aliphatic carbocycles. The van der Waals surface area contributed by atoms with Gasteiger partial charge in [-0.2, -0.15) is 0 Å². The number of fused-ring (bicyclic) bond motifs is 1. The highest BCUT2D eigenvalue weighted by molar-refractivity contribution is 6.32. The zero-order valence-corrected chi connectivity index (χ0v) is 16.3. The Labute approximate surface area is 166 Å². The molecule has 0 radical (unpaired) electrons. The van der Waals surface area contributed by atoms with Gasteiger partial charge in [0.2, 0.25) is 6.79 Å². The van der Waals surface area contributed by atoms with E-state index in [1.807, 2.05) is 13.8 Å². The summed E-state index contributed by atoms with van der Waals surface area (Å²) in [5, 5.41) is 0.222. The van der Waals surface area contributed by atoms with Crippen molar-refractivity contribution in [3.63, 3.8) is 0 Å². The molecule has 148 valence electrons. The summed E-state index contributed by atoms with van der Waals surface area (Å²) in [7, 11) is 1.45. The van der Waals surface area contributed by atoms with E-state index in [0.29, 0.717) is 28.6 Å². The van der Waals surface area contributed by atoms with Crippen LogP contribution in [0.1, 0.15) is 34.6 Å². The Balaban J connectivity index is 1.69. The van der Waals surface area contributed by atoms with Crippen molar-refractivity contribution >= 4 is 23.4 Å². The molecule has 0 unspecified atom stereocenters. The van der Waals surface area contributed by atoms with Crippen LogP contribution < -0.4 is 29.8 Å². The predicted octanol–water partition coefficient (Wildman–Crippen LogP) is 2.94. The highest BCUT2D eigenvalue weighted by atomic mass is 35.5. The smallest absolute Gasteiger partial charge is 0.269 e. The number of halogens is 1. The van der Waals surface area contributed by atoms with Crippen molar-refractivity contribution in [2.75, 3.05) is 13.9 Å². The van der Waals surface area contributed by atoms with Crippen molar-refractivity contribution in [2.24, 2.45) is 0 Å². The number of hydrogen-bond acceptors (Lipinski definition) is 6. The Morgan fingerprint density at radius 2 is 1.71 bits per heavy atom. The number of methoxy groups -OCH3 is 1. The summed E-state index contributed by atoms with van der Waals surface area (Å²) in [6, 6.07) is 7.63. The lowest BCUT2D eigenvalue weighted by atomic mass is 10.2. The van der Waals surface area contributed by atoms with Gasteiger partial charge < -0.3 is 18.9 Å². The maximum atomic E-state index is 12.4. The first kappa shape index (κ1) is 19.6. The van der Waals surface area contributed by atoms with Gasteiger partial charge in [-0.15, -0.1) is 0 Å². The van der Waals surface area contributed by atoms with E-state index in [1.54, 1.807) is 12.1 Å². The van der Waals surface area contributed by atoms with Crippen molar-refractivity contribution in [1.82, 2.24) is 10.9 Å². The highest BCUT2D eigenvalue weighted by Gasteiger charge is 2.19. The van der Waals surface area contributed by atoms with Gasteiger partial charge in [-0.1, -0.05) is 11.6 Å². The standard InChI is InChI=1S/C19H19ClN2O6/c1-10(2)28-17-13(20)6-12(8-16(17)25-3)19(24)22-21-18(23)11-4-5-14-15(7-11)27-9-26-14/h4-8,10H,9H2,1-3H3,(H,21,23)(H,22,24). The molecular formula is C19H19ClN2O6. The normalized spacial score (nSPS) is 11.9. The molecule has 0 bridgehead atoms. The van der Waals surface area contributed by atoms with E-state index < -0.39 is 11.8 Å². The molecule has 3 rings (SSSR count). The van der Waals surface area contributed by atoms with Gasteiger partial charge >= 0.3 is 0 Å². The molecule has 28 heavy (non-hydrogen) atoms. The van der Waals surface area contributed by atoms with E-state index in [1.165, 1.54) is 25.3 Å². The van der Waals surface area contributed by atoms with Gasteiger partial charge in [0.1, 0.15) is 0 Å². The fraction of sp³-hybridized carbons (Fsp3) is 0.263. The maximum Gasteiger partial charge on any atom is 0.269 e. The van der Waals surface area contributed by atoms with E-state index in [4.69, 9.17) is 30.5 Å². The Morgan fingerprint density at radius 3 is 2.39 bits per heavy atom. The molecule has 9 heteroatoms. The summed E-state index contributed by atoms with van der Waals surface area (Å²) in [6.45, 7) is 3.81. The average Bonchev–Trinajstić information content (AvgIpc) is 3.14. The van der Waals surface area contributed by atoms with Crippen LogP contribution >= 0.6 is 11.6 Å². The topological polar surface area (TPSA) is 95.1 Å². The lowest BCUT2D eigenvalue weighted by Crippen LogP contribution is -2.41. The zero-order chi connectivity index (χ0) is 20.3. The van der Waals surface area contributed by atoms with Crippen LogP contribution in [0.15, 0.2) is 30.3 Å². The summed E-state index contributed by atoms with van der Waals surface area (Å²) in [4.78, 5) is 24.6. The molecule has 2 aromatic carbocycles. The van der Waals surface area contributed by atoms with E-state index in [0.717, 1.165) is 0 Å². The second-order valence-electron chi connectivity index (χ2n) is 6.13. The van der Waals surface area contributed by atoms with E-state index in [2.05, 4.69) is 10.9 Å². The summed E-state index contributed by atoms with van der Waals surface area (Å²) in [6.07, 6.45) is -0.118. The van der Waals surface area contributed by atoms with E-state index in [-0.39, 0.29) is 23.5 Å². The van der Waals surface area contributed by atoms with Crippen molar-refractivity contribution in [3.8, 4) is 23.0 Å². The minimum atomic E-state index is -0.564. The Bertz CT molecular complexity index is 916. The first-order valence-corrected chi connectivity index (χ1v) is 8.81. The molecule has 0 atom stereocenters. The Morgan fingerprint density at radius 1 is 1.04 bits per heavy atom. The molecule has 8 nitrogen and oxygen atoms in total. The van der Waals surface area contributed by atoms with Gasteiger partial charge in [0.05, 0.1) is 18.2 Å². The van der Waals surface area contributed by atoms with Crippen molar-refractivity contribution in [3.05, 3.63) is 46.5 Å². The number of amides is 2. The van der Waals surface area contributed by atoms with Crippen LogP contribution in [0, 0.1) is 0 Å². The number of ether oxygens (including phenoxy) is 4. The third-order valence-corrected chi connectivity index (χ3v) is 4.05. The average molecular weight is 407 g/mol. The van der Waals surface area contributed by atoms with Gasteiger partial charge in [0.25, 0.3) is 11.8 Å². The van der Waals surface area contributed by atoms with Crippen LogP contribution in [-0.2, 0) is 0 Å². The molecule has 2 amide bonds. The highest BCUT2D eigenvalue weighted by Crippen LogP contribution is 2.37. The number of carbonyl (C=O) groups is 2. The Kier molecular flexibility index (Phi) is 5.79. The second kappa shape index (κ2) is 8.26. The summed E-state index contributed by atoms with van der Waals surface area (Å²) in [5.41, 5.74) is 5.18. The molecule has 0 spiro atoms. The fourth-order valence-corrected chi connectivity index (χ4v) is 2.75. The van der Waals surface area contributed by atoms with Crippen molar-refractivity contribution in [1.29, 1.82) is 0 Å². The van der Waals surface area contributed by atoms with E-state index >= 15 is 0 Å². The first-order valence-electron chi connectivity index (χ1n) is 8.43. The van der Waals surface area contributed by atoms with Crippen LogP contribution in [0.2, 0.25) is 5.02 Å². The predicted molar refractivity (Wildman–Crippen MR) is 101 cm³/mol. The molecule has 0 saturated carbocycles. The van der Waals surface area contributed by atoms with Crippen LogP contribution in [0.5, 0.6) is 23.0 Å². The number of hydrogen-bond donors (Lipinski definition) is 2. The molecule has 2 aromatic rings. The van der Waals surface area contributed by atoms with Gasteiger partial charge in [-0.25, -0.2) is 0 Å². The van der Waals surface area contributed by atoms with Crippen LogP contribution in [0.4, 0.5) is 0 Å². The zero-order valence-electron chi connectivity index (χ0n) is 15.5. The minimum Gasteiger partial charge on any atom is -0.493 e. The quantitative estimate of drug-likeness (QED) is 0.741. The molecule has 1 aliphatic heterocycles. The number of hydrazine groups is 1. The van der Waals surface area contributed by atoms with Crippen LogP contribution in [0.3, 0.4) is 0 Å². The summed E-state index contributed by atoms with van der Waals surface area (Å²) in [5.74, 6) is 0.616. The SMILES string of the molecule is COc1cc(C(=O)NNC(=O)c2ccc3c(c2)OCO3)cc(Cl)c1OC(C)C. The summed E-state index contributed by atoms with van der Waals surface area (Å²) < 4.78 is 21.3. The van der Waals surface area contributed by atoms with Gasteiger partial charge in [0, 0.05) is 11.1 Å². The molecule has 2 N–H and O–H groups in total. The molecular weight excluding hydrogens is 388 g/mol. The largest absolute Gasteiger partial charge is 0.493 e. The summed E-state index contributed by atoms with van der Waals surface area (Å²) >= 11 is 6.22. The van der Waals surface area contributed by atoms with Crippen molar-refractivity contribution < 1.29 is 28.5 Å². The van der Waals surface area contributed by atoms with Gasteiger partial charge in [-0.05, 0) is 44.2 Å². The monoisotopic (exact) mass is 406 g/mol. The molecule has 0 saturated heterocycles.